The minimum absolute atomic E-state index is 0. The molecular formula is C16H34O14Sn. The van der Waals surface area contributed by atoms with Gasteiger partial charge in [0.05, 0.1) is 13.2 Å². The van der Waals surface area contributed by atoms with Crippen LogP contribution in [0.25, 0.3) is 0 Å². The Morgan fingerprint density at radius 3 is 1.03 bits per heavy atom. The van der Waals surface area contributed by atoms with Crippen LogP contribution >= 0.6 is 0 Å². The van der Waals surface area contributed by atoms with Crippen LogP contribution in [0, 0.1) is 0 Å². The first-order chi connectivity index (χ1) is 13.6. The molecule has 0 aliphatic heterocycles. The van der Waals surface area contributed by atoms with Crippen molar-refractivity contribution in [3.8, 4) is 0 Å². The third kappa shape index (κ3) is 9.01. The number of hydrogen-bond acceptors (Lipinski definition) is 12. The van der Waals surface area contributed by atoms with Crippen molar-refractivity contribution in [3.05, 3.63) is 0 Å². The normalized spacial score (nSPS) is 20.8. The maximum absolute atomic E-state index is 10.6. The predicted octanol–water partition coefficient (Wildman–Crippen LogP) is -6.34. The van der Waals surface area contributed by atoms with Crippen LogP contribution in [-0.2, 0) is 9.59 Å². The van der Waals surface area contributed by atoms with E-state index in [2.05, 4.69) is 0 Å². The zero-order valence-electron chi connectivity index (χ0n) is 17.2. The number of carbonyl (C=O) groups is 2. The Morgan fingerprint density at radius 1 is 0.677 bits per heavy atom. The van der Waals surface area contributed by atoms with Crippen molar-refractivity contribution in [2.45, 2.75) is 74.5 Å². The quantitative estimate of drug-likeness (QED) is 0.0975. The van der Waals surface area contributed by atoms with E-state index in [0.717, 1.165) is 0 Å². The number of rotatable bonds is 12. The van der Waals surface area contributed by atoms with Gasteiger partial charge in [-0.15, -0.1) is 0 Å². The van der Waals surface area contributed by atoms with Crippen molar-refractivity contribution in [2.24, 2.45) is 0 Å². The number of carboxylic acids is 2. The number of carboxylic acid groups (broad SMARTS) is 2. The van der Waals surface area contributed by atoms with Crippen LogP contribution in [0.3, 0.4) is 0 Å². The first-order valence-electron chi connectivity index (χ1n) is 8.83. The molecule has 0 bridgehead atoms. The van der Waals surface area contributed by atoms with E-state index in [-0.39, 0.29) is 36.7 Å². The van der Waals surface area contributed by atoms with Crippen LogP contribution in [0.5, 0.6) is 0 Å². The minimum atomic E-state index is -2.55. The van der Waals surface area contributed by atoms with Crippen LogP contribution in [0.4, 0.5) is 0 Å². The van der Waals surface area contributed by atoms with E-state index in [9.17, 15) is 40.2 Å². The van der Waals surface area contributed by atoms with Crippen LogP contribution in [0.2, 0.25) is 0 Å². The molecule has 0 rings (SSSR count). The Kier molecular flexibility index (Phi) is 17.2. The van der Waals surface area contributed by atoms with Gasteiger partial charge in [0.15, 0.2) is 11.2 Å². The first-order valence-corrected chi connectivity index (χ1v) is 8.83. The molecule has 8 unspecified atom stereocenters. The van der Waals surface area contributed by atoms with Gasteiger partial charge in [-0.2, -0.15) is 0 Å². The van der Waals surface area contributed by atoms with E-state index in [1.165, 1.54) is 13.8 Å². The van der Waals surface area contributed by atoms with Crippen molar-refractivity contribution in [3.63, 3.8) is 0 Å². The van der Waals surface area contributed by atoms with Gasteiger partial charge < -0.3 is 61.3 Å². The average molecular weight is 569 g/mol. The molecule has 0 aliphatic rings. The summed E-state index contributed by atoms with van der Waals surface area (Å²) in [5.41, 5.74) is -5.09. The van der Waals surface area contributed by atoms with Gasteiger partial charge >= 0.3 is 35.8 Å². The van der Waals surface area contributed by atoms with Crippen LogP contribution in [0.15, 0.2) is 0 Å². The number of aliphatic carboxylic acids is 2. The Morgan fingerprint density at radius 2 is 0.903 bits per heavy atom. The molecule has 0 heterocycles. The summed E-state index contributed by atoms with van der Waals surface area (Å²) in [6.45, 7) is 0.903. The van der Waals surface area contributed by atoms with E-state index in [4.69, 9.17) is 30.6 Å². The van der Waals surface area contributed by atoms with Crippen LogP contribution < -0.4 is 0 Å². The zero-order chi connectivity index (χ0) is 24.4. The van der Waals surface area contributed by atoms with Gasteiger partial charge in [-0.05, 0) is 12.8 Å². The SMILES string of the molecule is CCC(O)(C(=O)O)C(O)C(O)C(O)CO.CCC(O)(C(=O)O)C(O)C(O)C(O)CO.[SnH2]. The van der Waals surface area contributed by atoms with E-state index in [1.54, 1.807) is 0 Å². The number of aliphatic hydroxyl groups excluding tert-OH is 8. The summed E-state index contributed by atoms with van der Waals surface area (Å²) in [5.74, 6) is -3.41. The molecule has 14 nitrogen and oxygen atoms in total. The van der Waals surface area contributed by atoms with Crippen molar-refractivity contribution >= 4 is 35.8 Å². The Labute approximate surface area is 194 Å². The summed E-state index contributed by atoms with van der Waals surface area (Å²) < 4.78 is 0. The van der Waals surface area contributed by atoms with E-state index < -0.39 is 73.0 Å². The van der Waals surface area contributed by atoms with Gasteiger partial charge in [0.2, 0.25) is 0 Å². The molecule has 2 radical (unpaired) electrons. The molecule has 31 heavy (non-hydrogen) atoms. The van der Waals surface area contributed by atoms with E-state index >= 15 is 0 Å². The Hall–Kier alpha value is -0.661. The van der Waals surface area contributed by atoms with Crippen molar-refractivity contribution < 1.29 is 70.9 Å². The standard InChI is InChI=1S/2C8H16O7.Sn.2H/c2*1-2-8(15,7(13)14)6(12)5(11)4(10)3-9;;;/h2*4-6,9-12,15H,2-3H2,1H3,(H,13,14);;;. The van der Waals surface area contributed by atoms with Gasteiger partial charge in [0.25, 0.3) is 0 Å². The predicted molar refractivity (Wildman–Crippen MR) is 105 cm³/mol. The average Bonchev–Trinajstić information content (AvgIpc) is 2.74. The molecule has 0 aromatic rings. The molecule has 0 aliphatic carbocycles. The number of aliphatic hydroxyl groups is 10. The van der Waals surface area contributed by atoms with Crippen LogP contribution in [0.1, 0.15) is 26.7 Å². The molecule has 0 spiro atoms. The summed E-state index contributed by atoms with van der Waals surface area (Å²) in [6.07, 6.45) is -12.1. The molecule has 0 saturated heterocycles. The van der Waals surface area contributed by atoms with Gasteiger partial charge in [0.1, 0.15) is 36.6 Å². The Balaban J connectivity index is -0.000000490. The van der Waals surface area contributed by atoms with Gasteiger partial charge in [-0.1, -0.05) is 13.8 Å². The molecule has 15 heteroatoms. The van der Waals surface area contributed by atoms with Gasteiger partial charge in [0, 0.05) is 0 Å². The molecule has 0 aromatic heterocycles. The molecule has 0 saturated carbocycles. The third-order valence-corrected chi connectivity index (χ3v) is 4.61. The summed E-state index contributed by atoms with van der Waals surface area (Å²) in [6, 6.07) is 0. The fourth-order valence-corrected chi connectivity index (χ4v) is 2.18. The fraction of sp³-hybridized carbons (Fsp3) is 0.875. The molecule has 186 valence electrons. The summed E-state index contributed by atoms with van der Waals surface area (Å²) in [4.78, 5) is 21.3. The topological polar surface area (TPSA) is 277 Å². The van der Waals surface area contributed by atoms with Crippen molar-refractivity contribution in [1.82, 2.24) is 0 Å². The Bertz CT molecular complexity index is 490. The molecule has 0 aromatic carbocycles. The van der Waals surface area contributed by atoms with Crippen molar-refractivity contribution in [2.75, 3.05) is 13.2 Å². The summed E-state index contributed by atoms with van der Waals surface area (Å²) in [5, 5.41) is 108. The number of hydrogen-bond donors (Lipinski definition) is 12. The second-order valence-corrected chi connectivity index (χ2v) is 6.54. The second-order valence-electron chi connectivity index (χ2n) is 6.54. The van der Waals surface area contributed by atoms with Gasteiger partial charge in [-0.25, -0.2) is 9.59 Å². The monoisotopic (exact) mass is 570 g/mol. The van der Waals surface area contributed by atoms with Crippen LogP contribution in [-0.4, -0.2) is 158 Å². The second kappa shape index (κ2) is 15.2. The molecular weight excluding hydrogens is 535 g/mol. The molecule has 0 amide bonds. The summed E-state index contributed by atoms with van der Waals surface area (Å²) in [7, 11) is 0. The molecule has 0 fully saturated rings. The molecule has 12 N–H and O–H groups in total. The fourth-order valence-electron chi connectivity index (χ4n) is 2.18. The maximum atomic E-state index is 10.6. The zero-order valence-corrected chi connectivity index (χ0v) is 21.2. The third-order valence-electron chi connectivity index (χ3n) is 4.61. The first kappa shape index (κ1) is 34.9. The van der Waals surface area contributed by atoms with Crippen molar-refractivity contribution in [1.29, 1.82) is 0 Å². The van der Waals surface area contributed by atoms with E-state index in [1.807, 2.05) is 0 Å². The van der Waals surface area contributed by atoms with E-state index in [0.29, 0.717) is 0 Å². The summed E-state index contributed by atoms with van der Waals surface area (Å²) >= 11 is 0. The van der Waals surface area contributed by atoms with Gasteiger partial charge in [-0.3, -0.25) is 0 Å². The molecule has 8 atom stereocenters.